The van der Waals surface area contributed by atoms with Crippen LogP contribution in [0.5, 0.6) is 0 Å². The van der Waals surface area contributed by atoms with Gasteiger partial charge in [0, 0.05) is 16.8 Å². The lowest BCUT2D eigenvalue weighted by atomic mass is 10.1. The Balaban J connectivity index is 1.95. The van der Waals surface area contributed by atoms with Crippen molar-refractivity contribution in [2.24, 2.45) is 0 Å². The monoisotopic (exact) mass is 282 g/mol. The summed E-state index contributed by atoms with van der Waals surface area (Å²) in [5.74, 6) is 0. The molecule has 0 spiro atoms. The minimum absolute atomic E-state index is 0.769. The lowest BCUT2D eigenvalue weighted by molar-refractivity contribution is 0.694. The lowest BCUT2D eigenvalue weighted by Gasteiger charge is -2.09. The van der Waals surface area contributed by atoms with Crippen molar-refractivity contribution in [3.63, 3.8) is 0 Å². The quantitative estimate of drug-likeness (QED) is 0.688. The highest BCUT2D eigenvalue weighted by molar-refractivity contribution is 6.31. The second-order valence-electron chi connectivity index (χ2n) is 4.82. The van der Waals surface area contributed by atoms with E-state index < -0.39 is 0 Å². The highest BCUT2D eigenvalue weighted by Crippen LogP contribution is 2.25. The number of hydrogen-bond donors (Lipinski definition) is 0. The van der Waals surface area contributed by atoms with E-state index in [1.54, 1.807) is 0 Å². The van der Waals surface area contributed by atoms with E-state index in [-0.39, 0.29) is 0 Å². The van der Waals surface area contributed by atoms with Gasteiger partial charge in [0.1, 0.15) is 0 Å². The molecule has 3 rings (SSSR count). The average molecular weight is 283 g/mol. The predicted octanol–water partition coefficient (Wildman–Crippen LogP) is 4.56. The van der Waals surface area contributed by atoms with Crippen LogP contribution in [0, 0.1) is 6.92 Å². The van der Waals surface area contributed by atoms with Crippen molar-refractivity contribution in [2.45, 2.75) is 13.5 Å². The van der Waals surface area contributed by atoms with Gasteiger partial charge in [-0.2, -0.15) is 5.10 Å². The molecule has 0 saturated carbocycles. The molecule has 20 heavy (non-hydrogen) atoms. The van der Waals surface area contributed by atoms with Gasteiger partial charge in [-0.25, -0.2) is 0 Å². The molecule has 0 unspecified atom stereocenters. The largest absolute Gasteiger partial charge is 0.260 e. The summed E-state index contributed by atoms with van der Waals surface area (Å²) >= 11 is 6.09. The number of nitrogens with zero attached hydrogens (tertiary/aromatic N) is 2. The standard InChI is InChI=1S/C17H15ClN2/c1-13-11-15(7-8-16(13)18)17-9-10-19-20(17)12-14-5-3-2-4-6-14/h2-11H,12H2,1H3. The fourth-order valence-electron chi connectivity index (χ4n) is 2.26. The molecule has 2 aromatic carbocycles. The van der Waals surface area contributed by atoms with Crippen molar-refractivity contribution >= 4 is 11.6 Å². The van der Waals surface area contributed by atoms with E-state index in [0.29, 0.717) is 0 Å². The molecule has 1 aromatic heterocycles. The van der Waals surface area contributed by atoms with Crippen molar-refractivity contribution in [3.8, 4) is 11.3 Å². The Labute approximate surface area is 123 Å². The van der Waals surface area contributed by atoms with Gasteiger partial charge in [-0.1, -0.05) is 48.0 Å². The molecule has 0 aliphatic heterocycles. The molecule has 0 radical (unpaired) electrons. The van der Waals surface area contributed by atoms with Crippen LogP contribution in [0.3, 0.4) is 0 Å². The van der Waals surface area contributed by atoms with Gasteiger partial charge < -0.3 is 0 Å². The fraction of sp³-hybridized carbons (Fsp3) is 0.118. The molecule has 0 atom stereocenters. The first kappa shape index (κ1) is 12.9. The molecule has 0 aliphatic rings. The van der Waals surface area contributed by atoms with Gasteiger partial charge in [0.2, 0.25) is 0 Å². The first-order chi connectivity index (χ1) is 9.74. The van der Waals surface area contributed by atoms with E-state index in [1.807, 2.05) is 54.2 Å². The van der Waals surface area contributed by atoms with Gasteiger partial charge in [-0.05, 0) is 36.2 Å². The van der Waals surface area contributed by atoms with Crippen molar-refractivity contribution in [2.75, 3.05) is 0 Å². The number of hydrogen-bond acceptors (Lipinski definition) is 1. The molecule has 0 N–H and O–H groups in total. The molecular weight excluding hydrogens is 268 g/mol. The van der Waals surface area contributed by atoms with Crippen molar-refractivity contribution < 1.29 is 0 Å². The Morgan fingerprint density at radius 3 is 2.60 bits per heavy atom. The zero-order valence-electron chi connectivity index (χ0n) is 11.3. The average Bonchev–Trinajstić information content (AvgIpc) is 2.91. The van der Waals surface area contributed by atoms with Crippen LogP contribution in [0.4, 0.5) is 0 Å². The number of aromatic nitrogens is 2. The molecule has 0 fully saturated rings. The Kier molecular flexibility index (Phi) is 3.57. The molecule has 0 aliphatic carbocycles. The summed E-state index contributed by atoms with van der Waals surface area (Å²) < 4.78 is 2.01. The highest BCUT2D eigenvalue weighted by Gasteiger charge is 2.07. The molecule has 0 bridgehead atoms. The summed E-state index contributed by atoms with van der Waals surface area (Å²) in [5.41, 5.74) is 4.56. The number of rotatable bonds is 3. The molecule has 2 nitrogen and oxygen atoms in total. The SMILES string of the molecule is Cc1cc(-c2ccnn2Cc2ccccc2)ccc1Cl. The second kappa shape index (κ2) is 5.51. The third-order valence-electron chi connectivity index (χ3n) is 3.35. The van der Waals surface area contributed by atoms with E-state index in [2.05, 4.69) is 23.3 Å². The Bertz CT molecular complexity index is 717. The Hall–Kier alpha value is -2.06. The van der Waals surface area contributed by atoms with Crippen LogP contribution in [0.15, 0.2) is 60.8 Å². The lowest BCUT2D eigenvalue weighted by Crippen LogP contribution is -2.03. The topological polar surface area (TPSA) is 17.8 Å². The third kappa shape index (κ3) is 2.61. The van der Waals surface area contributed by atoms with Gasteiger partial charge in [-0.15, -0.1) is 0 Å². The van der Waals surface area contributed by atoms with Crippen molar-refractivity contribution in [1.29, 1.82) is 0 Å². The second-order valence-corrected chi connectivity index (χ2v) is 5.23. The summed E-state index contributed by atoms with van der Waals surface area (Å²) in [4.78, 5) is 0. The molecule has 1 heterocycles. The van der Waals surface area contributed by atoms with Crippen LogP contribution in [0.25, 0.3) is 11.3 Å². The van der Waals surface area contributed by atoms with Gasteiger partial charge in [0.25, 0.3) is 0 Å². The molecule has 0 saturated heterocycles. The molecule has 100 valence electrons. The summed E-state index contributed by atoms with van der Waals surface area (Å²) in [6.07, 6.45) is 1.84. The highest BCUT2D eigenvalue weighted by atomic mass is 35.5. The maximum atomic E-state index is 6.09. The van der Waals surface area contributed by atoms with E-state index in [1.165, 1.54) is 5.56 Å². The first-order valence-corrected chi connectivity index (χ1v) is 6.94. The Morgan fingerprint density at radius 2 is 1.85 bits per heavy atom. The fourth-order valence-corrected chi connectivity index (χ4v) is 2.38. The van der Waals surface area contributed by atoms with Gasteiger partial charge >= 0.3 is 0 Å². The number of benzene rings is 2. The van der Waals surface area contributed by atoms with Crippen molar-refractivity contribution in [1.82, 2.24) is 9.78 Å². The summed E-state index contributed by atoms with van der Waals surface area (Å²) in [6, 6.07) is 18.4. The summed E-state index contributed by atoms with van der Waals surface area (Å²) in [7, 11) is 0. The molecule has 3 heteroatoms. The zero-order valence-corrected chi connectivity index (χ0v) is 12.0. The van der Waals surface area contributed by atoms with Gasteiger partial charge in [-0.3, -0.25) is 4.68 Å². The maximum absolute atomic E-state index is 6.09. The third-order valence-corrected chi connectivity index (χ3v) is 3.77. The predicted molar refractivity (Wildman–Crippen MR) is 83.0 cm³/mol. The van der Waals surface area contributed by atoms with E-state index >= 15 is 0 Å². The van der Waals surface area contributed by atoms with E-state index in [4.69, 9.17) is 11.6 Å². The maximum Gasteiger partial charge on any atom is 0.0686 e. The zero-order chi connectivity index (χ0) is 13.9. The summed E-state index contributed by atoms with van der Waals surface area (Å²) in [5, 5.41) is 5.22. The van der Waals surface area contributed by atoms with Crippen LogP contribution in [-0.4, -0.2) is 9.78 Å². The molecule has 3 aromatic rings. The summed E-state index contributed by atoms with van der Waals surface area (Å²) in [6.45, 7) is 2.79. The van der Waals surface area contributed by atoms with E-state index in [0.717, 1.165) is 28.4 Å². The normalized spacial score (nSPS) is 10.7. The van der Waals surface area contributed by atoms with Crippen LogP contribution in [0.2, 0.25) is 5.02 Å². The van der Waals surface area contributed by atoms with Gasteiger partial charge in [0.05, 0.1) is 12.2 Å². The number of aryl methyl sites for hydroxylation is 1. The van der Waals surface area contributed by atoms with Crippen LogP contribution >= 0.6 is 11.6 Å². The van der Waals surface area contributed by atoms with Crippen LogP contribution in [-0.2, 0) is 6.54 Å². The van der Waals surface area contributed by atoms with Crippen LogP contribution in [0.1, 0.15) is 11.1 Å². The Morgan fingerprint density at radius 1 is 1.05 bits per heavy atom. The molecule has 0 amide bonds. The van der Waals surface area contributed by atoms with Gasteiger partial charge in [0.15, 0.2) is 0 Å². The van der Waals surface area contributed by atoms with Crippen molar-refractivity contribution in [3.05, 3.63) is 76.9 Å². The minimum atomic E-state index is 0.769. The number of halogens is 1. The van der Waals surface area contributed by atoms with Crippen LogP contribution < -0.4 is 0 Å². The van der Waals surface area contributed by atoms with E-state index in [9.17, 15) is 0 Å². The smallest absolute Gasteiger partial charge is 0.0686 e. The minimum Gasteiger partial charge on any atom is -0.260 e. The first-order valence-electron chi connectivity index (χ1n) is 6.56. The molecular formula is C17H15ClN2.